The predicted octanol–water partition coefficient (Wildman–Crippen LogP) is 1.53. The van der Waals surface area contributed by atoms with Crippen LogP contribution in [0.15, 0.2) is 0 Å². The van der Waals surface area contributed by atoms with Gasteiger partial charge in [0, 0.05) is 38.5 Å². The van der Waals surface area contributed by atoms with Crippen LogP contribution in [0.25, 0.3) is 0 Å². The first-order chi connectivity index (χ1) is 8.93. The molecule has 0 radical (unpaired) electrons. The number of aromatic nitrogens is 2. The van der Waals surface area contributed by atoms with E-state index < -0.39 is 0 Å². The van der Waals surface area contributed by atoms with Crippen LogP contribution >= 0.6 is 0 Å². The number of hydrogen-bond donors (Lipinski definition) is 1. The Morgan fingerprint density at radius 1 is 1.11 bits per heavy atom. The van der Waals surface area contributed by atoms with Crippen molar-refractivity contribution < 1.29 is 0 Å². The highest BCUT2D eigenvalue weighted by atomic mass is 15.6. The molecule has 0 spiro atoms. The summed E-state index contributed by atoms with van der Waals surface area (Å²) in [6, 6.07) is 0. The van der Waals surface area contributed by atoms with E-state index in [4.69, 9.17) is 4.98 Å². The summed E-state index contributed by atoms with van der Waals surface area (Å²) in [5.74, 6) is 2.11. The summed E-state index contributed by atoms with van der Waals surface area (Å²) in [7, 11) is 0. The molecule has 2 aliphatic heterocycles. The lowest BCUT2D eigenvalue weighted by Gasteiger charge is -2.33. The molecule has 0 aromatic carbocycles. The quantitative estimate of drug-likeness (QED) is 0.859. The van der Waals surface area contributed by atoms with Gasteiger partial charge in [0.2, 0.25) is 0 Å². The number of nitrogens with zero attached hydrogens (tertiary/aromatic N) is 3. The van der Waals surface area contributed by atoms with Gasteiger partial charge in [-0.1, -0.05) is 0 Å². The zero-order valence-corrected chi connectivity index (χ0v) is 11.0. The van der Waals surface area contributed by atoms with Crippen molar-refractivity contribution in [2.24, 2.45) is 0 Å². The molecule has 2 fully saturated rings. The van der Waals surface area contributed by atoms with E-state index in [-0.39, 0.29) is 0 Å². The van der Waals surface area contributed by atoms with E-state index >= 15 is 0 Å². The molecule has 1 saturated carbocycles. The highest BCUT2D eigenvalue weighted by Gasteiger charge is 2.33. The third-order valence-corrected chi connectivity index (χ3v) is 4.44. The molecule has 1 aromatic heterocycles. The minimum Gasteiger partial charge on any atom is -0.311 e. The topological polar surface area (TPSA) is 33.1 Å². The highest BCUT2D eigenvalue weighted by Crippen LogP contribution is 2.40. The molecular weight excluding hydrogens is 224 g/mol. The second-order valence-corrected chi connectivity index (χ2v) is 5.89. The summed E-state index contributed by atoms with van der Waals surface area (Å²) < 4.78 is 2.52. The molecule has 1 N–H and O–H groups in total. The fourth-order valence-electron chi connectivity index (χ4n) is 3.31. The Bertz CT molecular complexity index is 441. The molecule has 0 amide bonds. The fourth-order valence-corrected chi connectivity index (χ4v) is 3.31. The number of piperidine rings is 1. The monoisotopic (exact) mass is 246 g/mol. The largest absolute Gasteiger partial charge is 0.311 e. The van der Waals surface area contributed by atoms with Crippen molar-refractivity contribution in [1.82, 2.24) is 15.0 Å². The molecule has 0 bridgehead atoms. The van der Waals surface area contributed by atoms with Crippen molar-refractivity contribution in [2.45, 2.75) is 51.0 Å². The Labute approximate surface area is 108 Å². The van der Waals surface area contributed by atoms with Gasteiger partial charge in [0.25, 0.3) is 0 Å². The number of hydrogen-bond acceptors (Lipinski definition) is 3. The maximum Gasteiger partial charge on any atom is 0.131 e. The van der Waals surface area contributed by atoms with Gasteiger partial charge in [-0.15, -0.1) is 0 Å². The van der Waals surface area contributed by atoms with Crippen LogP contribution < -0.4 is 10.3 Å². The number of fused-ring (bicyclic) bond motifs is 1. The molecule has 0 unspecified atom stereocenters. The summed E-state index contributed by atoms with van der Waals surface area (Å²) in [6.07, 6.45) is 7.91. The van der Waals surface area contributed by atoms with Gasteiger partial charge < -0.3 is 10.3 Å². The third-order valence-electron chi connectivity index (χ3n) is 4.44. The van der Waals surface area contributed by atoms with Gasteiger partial charge in [-0.05, 0) is 32.1 Å². The van der Waals surface area contributed by atoms with E-state index in [1.54, 1.807) is 0 Å². The zero-order valence-electron chi connectivity index (χ0n) is 11.0. The van der Waals surface area contributed by atoms with Crippen LogP contribution in [0.2, 0.25) is 0 Å². The minimum atomic E-state index is 0.748. The van der Waals surface area contributed by atoms with E-state index in [0.717, 1.165) is 25.4 Å². The smallest absolute Gasteiger partial charge is 0.131 e. The van der Waals surface area contributed by atoms with E-state index in [9.17, 15) is 0 Å². The normalized spacial score (nSPS) is 24.1. The third kappa shape index (κ3) is 1.74. The molecular formula is C14H22N4. The Morgan fingerprint density at radius 2 is 1.94 bits per heavy atom. The molecule has 4 heteroatoms. The van der Waals surface area contributed by atoms with Gasteiger partial charge in [-0.25, -0.2) is 9.66 Å². The summed E-state index contributed by atoms with van der Waals surface area (Å²) in [4.78, 5) is 4.95. The molecule has 4 rings (SSSR count). The van der Waals surface area contributed by atoms with E-state index in [1.807, 2.05) is 0 Å². The molecule has 3 aliphatic rings. The molecule has 1 aliphatic carbocycles. The molecule has 1 aromatic rings. The molecule has 4 nitrogen and oxygen atoms in total. The number of rotatable bonds is 2. The highest BCUT2D eigenvalue weighted by molar-refractivity contribution is 5.26. The first-order valence-corrected chi connectivity index (χ1v) is 7.50. The van der Waals surface area contributed by atoms with Crippen LogP contribution in [0.1, 0.15) is 55.2 Å². The zero-order chi connectivity index (χ0) is 11.9. The van der Waals surface area contributed by atoms with Crippen molar-refractivity contribution in [3.8, 4) is 0 Å². The Balaban J connectivity index is 1.75. The average molecular weight is 246 g/mol. The molecule has 18 heavy (non-hydrogen) atoms. The van der Waals surface area contributed by atoms with E-state index in [0.29, 0.717) is 0 Å². The summed E-state index contributed by atoms with van der Waals surface area (Å²) >= 11 is 0. The van der Waals surface area contributed by atoms with Crippen molar-refractivity contribution in [1.29, 1.82) is 0 Å². The minimum absolute atomic E-state index is 0.748. The summed E-state index contributed by atoms with van der Waals surface area (Å²) in [6.45, 7) is 4.51. The van der Waals surface area contributed by atoms with Crippen LogP contribution in [-0.2, 0) is 13.0 Å². The van der Waals surface area contributed by atoms with E-state index in [1.165, 1.54) is 62.4 Å². The van der Waals surface area contributed by atoms with Gasteiger partial charge >= 0.3 is 0 Å². The van der Waals surface area contributed by atoms with Gasteiger partial charge in [0.1, 0.15) is 5.82 Å². The second kappa shape index (κ2) is 4.26. The lowest BCUT2D eigenvalue weighted by Crippen LogP contribution is -2.42. The first-order valence-electron chi connectivity index (χ1n) is 7.50. The number of nitrogens with one attached hydrogen (secondary N) is 1. The van der Waals surface area contributed by atoms with Crippen molar-refractivity contribution in [3.05, 3.63) is 17.2 Å². The van der Waals surface area contributed by atoms with Gasteiger partial charge in [-0.3, -0.25) is 0 Å². The first kappa shape index (κ1) is 10.9. The lowest BCUT2D eigenvalue weighted by atomic mass is 10.1. The van der Waals surface area contributed by atoms with Gasteiger partial charge in [0.15, 0.2) is 0 Å². The van der Waals surface area contributed by atoms with Crippen molar-refractivity contribution in [2.75, 3.05) is 24.6 Å². The number of imidazole rings is 1. The van der Waals surface area contributed by atoms with Crippen LogP contribution in [0.3, 0.4) is 0 Å². The van der Waals surface area contributed by atoms with Crippen LogP contribution in [0.5, 0.6) is 0 Å². The maximum atomic E-state index is 4.95. The molecule has 1 saturated heterocycles. The molecule has 0 atom stereocenters. The Morgan fingerprint density at radius 3 is 2.72 bits per heavy atom. The predicted molar refractivity (Wildman–Crippen MR) is 71.4 cm³/mol. The lowest BCUT2D eigenvalue weighted by molar-refractivity contribution is 0.453. The Kier molecular flexibility index (Phi) is 2.57. The summed E-state index contributed by atoms with van der Waals surface area (Å²) in [5, 5.41) is 6.01. The summed E-state index contributed by atoms with van der Waals surface area (Å²) in [5.41, 5.74) is 2.81. The van der Waals surface area contributed by atoms with Gasteiger partial charge in [-0.2, -0.15) is 0 Å². The fraction of sp³-hybridized carbons (Fsp3) is 0.786. The average Bonchev–Trinajstić information content (AvgIpc) is 3.20. The van der Waals surface area contributed by atoms with Crippen LogP contribution in [0.4, 0.5) is 0 Å². The second-order valence-electron chi connectivity index (χ2n) is 5.89. The van der Waals surface area contributed by atoms with Crippen molar-refractivity contribution >= 4 is 0 Å². The SMILES string of the molecule is C1CCN(n2c(C3CC3)nc3c2CCNC3)CC1. The van der Waals surface area contributed by atoms with Crippen LogP contribution in [-0.4, -0.2) is 29.3 Å². The van der Waals surface area contributed by atoms with Gasteiger partial charge in [0.05, 0.1) is 11.4 Å². The molecule has 3 heterocycles. The Hall–Kier alpha value is -1.03. The molecule has 98 valence electrons. The van der Waals surface area contributed by atoms with Crippen LogP contribution in [0, 0.1) is 0 Å². The van der Waals surface area contributed by atoms with Crippen molar-refractivity contribution in [3.63, 3.8) is 0 Å². The van der Waals surface area contributed by atoms with E-state index in [2.05, 4.69) is 15.0 Å². The standard InChI is InChI=1S/C14H22N4/c1-2-8-17(9-3-1)18-13-6-7-15-10-12(13)16-14(18)11-4-5-11/h11,15H,1-10H2. The maximum absolute atomic E-state index is 4.95.